The van der Waals surface area contributed by atoms with Crippen LogP contribution in [0.5, 0.6) is 11.5 Å². The van der Waals surface area contributed by atoms with Crippen molar-refractivity contribution in [1.29, 1.82) is 0 Å². The number of hydrogen-bond donors (Lipinski definition) is 1. The number of rotatable bonds is 5. The molecule has 0 aliphatic carbocycles. The number of carbonyl (C=O) groups is 1. The minimum atomic E-state index is -0.186. The first-order chi connectivity index (χ1) is 14.0. The van der Waals surface area contributed by atoms with Crippen LogP contribution >= 0.6 is 0 Å². The number of fused-ring (bicyclic) bond motifs is 1. The topological polar surface area (TPSA) is 63.9 Å². The third-order valence-corrected chi connectivity index (χ3v) is 4.95. The molecule has 3 aromatic rings. The van der Waals surface area contributed by atoms with Crippen LogP contribution in [0.3, 0.4) is 0 Å². The Labute approximate surface area is 170 Å². The van der Waals surface area contributed by atoms with Gasteiger partial charge in [0, 0.05) is 12.2 Å². The van der Waals surface area contributed by atoms with E-state index in [0.717, 1.165) is 39.6 Å². The van der Waals surface area contributed by atoms with E-state index in [-0.39, 0.29) is 12.8 Å². The Morgan fingerprint density at radius 2 is 1.72 bits per heavy atom. The number of amides is 2. The number of hydrogen-bond acceptors (Lipinski definition) is 4. The maximum absolute atomic E-state index is 13.2. The lowest BCUT2D eigenvalue weighted by molar-refractivity contribution is 0.174. The standard InChI is InChI=1S/C23H24N2O4/c1-15-5-4-6-16(2)22(15)24-23(26)25(13-19-9-7-17(3)29-19)12-18-8-10-20-21(11-18)28-14-27-20/h4-11H,12-14H2,1-3H3,(H,24,26). The predicted octanol–water partition coefficient (Wildman–Crippen LogP) is 5.17. The molecule has 0 radical (unpaired) electrons. The van der Waals surface area contributed by atoms with Crippen molar-refractivity contribution in [2.45, 2.75) is 33.9 Å². The second-order valence-corrected chi connectivity index (χ2v) is 7.25. The Hall–Kier alpha value is -3.41. The van der Waals surface area contributed by atoms with Crippen molar-refractivity contribution in [3.8, 4) is 11.5 Å². The summed E-state index contributed by atoms with van der Waals surface area (Å²) >= 11 is 0. The van der Waals surface area contributed by atoms with E-state index in [4.69, 9.17) is 13.9 Å². The summed E-state index contributed by atoms with van der Waals surface area (Å²) in [5.41, 5.74) is 3.84. The van der Waals surface area contributed by atoms with Gasteiger partial charge in [0.25, 0.3) is 0 Å². The highest BCUT2D eigenvalue weighted by molar-refractivity contribution is 5.91. The molecule has 0 fully saturated rings. The molecule has 0 spiro atoms. The van der Waals surface area contributed by atoms with Crippen molar-refractivity contribution in [3.05, 3.63) is 76.7 Å². The molecule has 150 valence electrons. The van der Waals surface area contributed by atoms with Crippen LogP contribution in [0.4, 0.5) is 10.5 Å². The normalized spacial score (nSPS) is 12.1. The molecule has 6 heteroatoms. The Balaban J connectivity index is 1.58. The molecular weight excluding hydrogens is 368 g/mol. The van der Waals surface area contributed by atoms with E-state index in [2.05, 4.69) is 5.32 Å². The van der Waals surface area contributed by atoms with Gasteiger partial charge in [-0.1, -0.05) is 24.3 Å². The van der Waals surface area contributed by atoms with Crippen molar-refractivity contribution >= 4 is 11.7 Å². The van der Waals surface area contributed by atoms with Crippen LogP contribution in [-0.2, 0) is 13.1 Å². The second kappa shape index (κ2) is 7.91. The van der Waals surface area contributed by atoms with Gasteiger partial charge in [-0.3, -0.25) is 0 Å². The summed E-state index contributed by atoms with van der Waals surface area (Å²) in [6, 6.07) is 15.3. The third kappa shape index (κ3) is 4.21. The molecule has 6 nitrogen and oxygen atoms in total. The van der Waals surface area contributed by atoms with E-state index in [1.54, 1.807) is 4.90 Å². The number of ether oxygens (including phenoxy) is 2. The number of urea groups is 1. The van der Waals surface area contributed by atoms with Gasteiger partial charge in [-0.2, -0.15) is 0 Å². The van der Waals surface area contributed by atoms with E-state index in [1.165, 1.54) is 0 Å². The fraction of sp³-hybridized carbons (Fsp3) is 0.261. The highest BCUT2D eigenvalue weighted by Gasteiger charge is 2.20. The summed E-state index contributed by atoms with van der Waals surface area (Å²) in [6.07, 6.45) is 0. The monoisotopic (exact) mass is 392 g/mol. The van der Waals surface area contributed by atoms with Gasteiger partial charge in [-0.15, -0.1) is 0 Å². The van der Waals surface area contributed by atoms with Crippen LogP contribution in [0.2, 0.25) is 0 Å². The van der Waals surface area contributed by atoms with Crippen molar-refractivity contribution in [2.24, 2.45) is 0 Å². The summed E-state index contributed by atoms with van der Waals surface area (Å²) in [6.45, 7) is 6.86. The molecule has 1 N–H and O–H groups in total. The van der Waals surface area contributed by atoms with Crippen LogP contribution in [0.1, 0.15) is 28.2 Å². The molecular formula is C23H24N2O4. The minimum Gasteiger partial charge on any atom is -0.464 e. The molecule has 0 atom stereocenters. The van der Waals surface area contributed by atoms with Crippen LogP contribution < -0.4 is 14.8 Å². The largest absolute Gasteiger partial charge is 0.464 e. The predicted molar refractivity (Wildman–Crippen MR) is 110 cm³/mol. The van der Waals surface area contributed by atoms with Crippen LogP contribution in [0.25, 0.3) is 0 Å². The van der Waals surface area contributed by atoms with Gasteiger partial charge < -0.3 is 24.1 Å². The van der Waals surface area contributed by atoms with Crippen molar-refractivity contribution in [2.75, 3.05) is 12.1 Å². The molecule has 2 aromatic carbocycles. The van der Waals surface area contributed by atoms with E-state index in [0.29, 0.717) is 18.8 Å². The summed E-state index contributed by atoms with van der Waals surface area (Å²) in [5.74, 6) is 2.98. The zero-order chi connectivity index (χ0) is 20.4. The van der Waals surface area contributed by atoms with E-state index in [1.807, 2.05) is 69.3 Å². The minimum absolute atomic E-state index is 0.186. The summed E-state index contributed by atoms with van der Waals surface area (Å²) in [4.78, 5) is 14.9. The lowest BCUT2D eigenvalue weighted by Crippen LogP contribution is -2.34. The average molecular weight is 392 g/mol. The molecule has 1 aliphatic rings. The summed E-state index contributed by atoms with van der Waals surface area (Å²) in [7, 11) is 0. The molecule has 2 heterocycles. The molecule has 4 rings (SSSR count). The second-order valence-electron chi connectivity index (χ2n) is 7.25. The van der Waals surface area contributed by atoms with Gasteiger partial charge in [0.1, 0.15) is 11.5 Å². The van der Waals surface area contributed by atoms with Crippen LogP contribution in [0.15, 0.2) is 52.9 Å². The number of furan rings is 1. The molecule has 0 saturated heterocycles. The number of nitrogens with zero attached hydrogens (tertiary/aromatic N) is 1. The van der Waals surface area contributed by atoms with Gasteiger partial charge in [0.2, 0.25) is 6.79 Å². The van der Waals surface area contributed by atoms with Gasteiger partial charge >= 0.3 is 6.03 Å². The summed E-state index contributed by atoms with van der Waals surface area (Å²) in [5, 5.41) is 3.07. The lowest BCUT2D eigenvalue weighted by Gasteiger charge is -2.23. The SMILES string of the molecule is Cc1ccc(CN(Cc2ccc3c(c2)OCO3)C(=O)Nc2c(C)cccc2C)o1. The van der Waals surface area contributed by atoms with Crippen LogP contribution in [-0.4, -0.2) is 17.7 Å². The Morgan fingerprint density at radius 3 is 2.45 bits per heavy atom. The lowest BCUT2D eigenvalue weighted by atomic mass is 10.1. The van der Waals surface area contributed by atoms with E-state index < -0.39 is 0 Å². The number of para-hydroxylation sites is 1. The number of aryl methyl sites for hydroxylation is 3. The zero-order valence-electron chi connectivity index (χ0n) is 16.8. The first-order valence-electron chi connectivity index (χ1n) is 9.55. The first kappa shape index (κ1) is 18.9. The zero-order valence-corrected chi connectivity index (χ0v) is 16.8. The molecule has 29 heavy (non-hydrogen) atoms. The fourth-order valence-electron chi connectivity index (χ4n) is 3.42. The van der Waals surface area contributed by atoms with Gasteiger partial charge in [-0.25, -0.2) is 4.79 Å². The number of anilines is 1. The van der Waals surface area contributed by atoms with Gasteiger partial charge in [-0.05, 0) is 61.7 Å². The highest BCUT2D eigenvalue weighted by atomic mass is 16.7. The maximum Gasteiger partial charge on any atom is 0.322 e. The Bertz CT molecular complexity index is 1020. The number of benzene rings is 2. The van der Waals surface area contributed by atoms with Crippen molar-refractivity contribution in [3.63, 3.8) is 0 Å². The first-order valence-corrected chi connectivity index (χ1v) is 9.55. The fourth-order valence-corrected chi connectivity index (χ4v) is 3.42. The molecule has 1 aliphatic heterocycles. The average Bonchev–Trinajstić information content (AvgIpc) is 3.32. The highest BCUT2D eigenvalue weighted by Crippen LogP contribution is 2.33. The van der Waals surface area contributed by atoms with Gasteiger partial charge in [0.15, 0.2) is 11.5 Å². The molecule has 0 saturated carbocycles. The Morgan fingerprint density at radius 1 is 0.966 bits per heavy atom. The number of carbonyl (C=O) groups excluding carboxylic acids is 1. The van der Waals surface area contributed by atoms with Crippen LogP contribution in [0, 0.1) is 20.8 Å². The molecule has 2 amide bonds. The third-order valence-electron chi connectivity index (χ3n) is 4.95. The Kier molecular flexibility index (Phi) is 5.16. The van der Waals surface area contributed by atoms with Crippen molar-refractivity contribution in [1.82, 2.24) is 4.90 Å². The van der Waals surface area contributed by atoms with Gasteiger partial charge in [0.05, 0.1) is 6.54 Å². The molecule has 0 unspecified atom stereocenters. The van der Waals surface area contributed by atoms with E-state index >= 15 is 0 Å². The van der Waals surface area contributed by atoms with E-state index in [9.17, 15) is 4.79 Å². The van der Waals surface area contributed by atoms with Crippen molar-refractivity contribution < 1.29 is 18.7 Å². The summed E-state index contributed by atoms with van der Waals surface area (Å²) < 4.78 is 16.6. The smallest absolute Gasteiger partial charge is 0.322 e. The molecule has 0 bridgehead atoms. The quantitative estimate of drug-likeness (QED) is 0.651. The molecule has 1 aromatic heterocycles. The number of nitrogens with one attached hydrogen (secondary N) is 1. The maximum atomic E-state index is 13.2.